The van der Waals surface area contributed by atoms with Crippen LogP contribution in [0.15, 0.2) is 199 Å². The van der Waals surface area contributed by atoms with Gasteiger partial charge in [-0.25, -0.2) is 15.0 Å². The number of nitrogens with zero attached hydrogens (tertiary/aromatic N) is 4. The van der Waals surface area contributed by atoms with Gasteiger partial charge in [-0.05, 0) is 70.3 Å². The monoisotopic (exact) mass is 718 g/mol. The molecule has 0 saturated heterocycles. The summed E-state index contributed by atoms with van der Waals surface area (Å²) in [4.78, 5) is 17.6. The molecule has 0 amide bonds. The lowest BCUT2D eigenvalue weighted by Gasteiger charge is -2.30. The van der Waals surface area contributed by atoms with Gasteiger partial charge in [0.25, 0.3) is 0 Å². The molecule has 2 unspecified atom stereocenters. The smallest absolute Gasteiger partial charge is 0.164 e. The molecule has 9 aromatic rings. The van der Waals surface area contributed by atoms with E-state index in [2.05, 4.69) is 163 Å². The standard InChI is InChI=1S/C51H34N4O/c1-4-13-33(14-5-1)36-19-12-20-38(29-36)50-52-49(35-17-8-3-9-18-35)53-51(54-50)39-24-27-43-44-32-40(25-28-47(44)56-48(43)31-39)55-45-22-11-10-21-41(45)42-26-23-37(30-46(42)55)34-15-6-2-7-16-34/h1-32,42,46H. The number of hydrogen-bond donors (Lipinski definition) is 0. The van der Waals surface area contributed by atoms with Gasteiger partial charge < -0.3 is 9.32 Å². The van der Waals surface area contributed by atoms with Crippen LogP contribution in [-0.4, -0.2) is 21.0 Å². The molecule has 264 valence electrons. The van der Waals surface area contributed by atoms with Crippen molar-refractivity contribution in [2.24, 2.45) is 0 Å². The van der Waals surface area contributed by atoms with Gasteiger partial charge in [-0.3, -0.25) is 0 Å². The summed E-state index contributed by atoms with van der Waals surface area (Å²) in [7, 11) is 0. The second-order valence-electron chi connectivity index (χ2n) is 14.4. The summed E-state index contributed by atoms with van der Waals surface area (Å²) in [6.45, 7) is 0. The van der Waals surface area contributed by atoms with Gasteiger partial charge in [0.05, 0.1) is 6.04 Å². The minimum absolute atomic E-state index is 0.153. The molecule has 3 heterocycles. The molecule has 11 rings (SSSR count). The maximum atomic E-state index is 6.56. The van der Waals surface area contributed by atoms with Crippen LogP contribution in [0.25, 0.3) is 72.8 Å². The average molecular weight is 719 g/mol. The maximum absolute atomic E-state index is 6.56. The van der Waals surface area contributed by atoms with Gasteiger partial charge in [-0.1, -0.05) is 152 Å². The number of aromatic nitrogens is 3. The van der Waals surface area contributed by atoms with Crippen LogP contribution < -0.4 is 4.90 Å². The lowest BCUT2D eigenvalue weighted by molar-refractivity contribution is 0.669. The Balaban J connectivity index is 1.000. The molecule has 5 heteroatoms. The van der Waals surface area contributed by atoms with Gasteiger partial charge in [0.2, 0.25) is 0 Å². The van der Waals surface area contributed by atoms with E-state index in [4.69, 9.17) is 19.4 Å². The van der Waals surface area contributed by atoms with Crippen LogP contribution >= 0.6 is 0 Å². The summed E-state index contributed by atoms with van der Waals surface area (Å²) in [6.07, 6.45) is 7.07. The van der Waals surface area contributed by atoms with Gasteiger partial charge in [0, 0.05) is 44.8 Å². The fraction of sp³-hybridized carbons (Fsp3) is 0.0392. The van der Waals surface area contributed by atoms with E-state index < -0.39 is 0 Å². The molecule has 2 aliphatic rings. The predicted octanol–water partition coefficient (Wildman–Crippen LogP) is 12.7. The second-order valence-corrected chi connectivity index (χ2v) is 14.4. The molecule has 0 fully saturated rings. The van der Waals surface area contributed by atoms with Gasteiger partial charge in [0.1, 0.15) is 11.2 Å². The highest BCUT2D eigenvalue weighted by Crippen LogP contribution is 2.49. The van der Waals surface area contributed by atoms with Crippen LogP contribution in [0.4, 0.5) is 11.4 Å². The first-order chi connectivity index (χ1) is 27.7. The van der Waals surface area contributed by atoms with E-state index in [-0.39, 0.29) is 12.0 Å². The maximum Gasteiger partial charge on any atom is 0.164 e. The van der Waals surface area contributed by atoms with E-state index >= 15 is 0 Å². The number of allylic oxidation sites excluding steroid dienone is 2. The zero-order valence-corrected chi connectivity index (χ0v) is 30.3. The van der Waals surface area contributed by atoms with Gasteiger partial charge >= 0.3 is 0 Å². The quantitative estimate of drug-likeness (QED) is 0.171. The number of fused-ring (bicyclic) bond motifs is 6. The summed E-state index contributed by atoms with van der Waals surface area (Å²) in [5.41, 5.74) is 12.8. The van der Waals surface area contributed by atoms with E-state index in [0.29, 0.717) is 17.5 Å². The van der Waals surface area contributed by atoms with Crippen LogP contribution in [-0.2, 0) is 0 Å². The number of furan rings is 1. The topological polar surface area (TPSA) is 55.1 Å². The van der Waals surface area contributed by atoms with Crippen LogP contribution in [0.2, 0.25) is 0 Å². The summed E-state index contributed by atoms with van der Waals surface area (Å²) in [6, 6.07) is 61.3. The van der Waals surface area contributed by atoms with Crippen molar-refractivity contribution in [1.29, 1.82) is 0 Å². The molecule has 0 bridgehead atoms. The van der Waals surface area contributed by atoms with E-state index in [1.165, 1.54) is 22.4 Å². The minimum Gasteiger partial charge on any atom is -0.456 e. The summed E-state index contributed by atoms with van der Waals surface area (Å²) >= 11 is 0. The highest BCUT2D eigenvalue weighted by atomic mass is 16.3. The molecular formula is C51H34N4O. The van der Waals surface area contributed by atoms with Crippen LogP contribution in [0.1, 0.15) is 17.0 Å². The molecule has 7 aromatic carbocycles. The summed E-state index contributed by atoms with van der Waals surface area (Å²) < 4.78 is 6.56. The molecule has 0 N–H and O–H groups in total. The normalized spacial score (nSPS) is 15.9. The molecular weight excluding hydrogens is 685 g/mol. The van der Waals surface area contributed by atoms with Crippen LogP contribution in [0.3, 0.4) is 0 Å². The SMILES string of the molecule is C1=CC2c3ccccc3N(c3ccc4oc5cc(-c6nc(-c7ccccc7)nc(-c7cccc(-c8ccccc8)c7)n6)ccc5c4c3)C2C=C1c1ccccc1. The Hall–Kier alpha value is -7.37. The number of anilines is 2. The molecule has 1 aliphatic carbocycles. The average Bonchev–Trinajstić information content (AvgIpc) is 3.81. The van der Waals surface area contributed by atoms with Crippen molar-refractivity contribution < 1.29 is 4.42 Å². The highest BCUT2D eigenvalue weighted by molar-refractivity contribution is 6.07. The number of rotatable bonds is 6. The minimum atomic E-state index is 0.153. The Labute approximate surface area is 324 Å². The van der Waals surface area contributed by atoms with Gasteiger partial charge in [-0.2, -0.15) is 0 Å². The van der Waals surface area contributed by atoms with Crippen molar-refractivity contribution in [1.82, 2.24) is 15.0 Å². The van der Waals surface area contributed by atoms with Crippen molar-refractivity contribution in [3.63, 3.8) is 0 Å². The Morgan fingerprint density at radius 3 is 1.84 bits per heavy atom. The Kier molecular flexibility index (Phi) is 7.56. The molecule has 56 heavy (non-hydrogen) atoms. The van der Waals surface area contributed by atoms with Crippen LogP contribution in [0, 0.1) is 0 Å². The third-order valence-corrected chi connectivity index (χ3v) is 11.0. The van der Waals surface area contributed by atoms with E-state index in [0.717, 1.165) is 55.4 Å². The lowest BCUT2D eigenvalue weighted by atomic mass is 9.87. The molecule has 5 nitrogen and oxygen atoms in total. The van der Waals surface area contributed by atoms with Crippen LogP contribution in [0.5, 0.6) is 0 Å². The largest absolute Gasteiger partial charge is 0.456 e. The molecule has 1 aliphatic heterocycles. The van der Waals surface area contributed by atoms with Crippen molar-refractivity contribution in [2.45, 2.75) is 12.0 Å². The third-order valence-electron chi connectivity index (χ3n) is 11.0. The fourth-order valence-corrected chi connectivity index (χ4v) is 8.34. The van der Waals surface area contributed by atoms with E-state index in [1.807, 2.05) is 36.4 Å². The molecule has 0 radical (unpaired) electrons. The first kappa shape index (κ1) is 32.1. The fourth-order valence-electron chi connectivity index (χ4n) is 8.34. The lowest BCUT2D eigenvalue weighted by Crippen LogP contribution is -2.29. The first-order valence-corrected chi connectivity index (χ1v) is 19.0. The summed E-state index contributed by atoms with van der Waals surface area (Å²) in [5, 5.41) is 2.12. The van der Waals surface area contributed by atoms with Gasteiger partial charge in [0.15, 0.2) is 17.5 Å². The summed E-state index contributed by atoms with van der Waals surface area (Å²) in [5.74, 6) is 2.10. The molecule has 2 aromatic heterocycles. The van der Waals surface area contributed by atoms with Crippen molar-refractivity contribution in [3.05, 3.63) is 205 Å². The number of benzene rings is 7. The van der Waals surface area contributed by atoms with Crippen molar-refractivity contribution >= 4 is 38.9 Å². The Morgan fingerprint density at radius 2 is 1.07 bits per heavy atom. The van der Waals surface area contributed by atoms with Gasteiger partial charge in [-0.15, -0.1) is 0 Å². The van der Waals surface area contributed by atoms with E-state index in [1.54, 1.807) is 0 Å². The molecule has 0 spiro atoms. The first-order valence-electron chi connectivity index (χ1n) is 19.0. The van der Waals surface area contributed by atoms with E-state index in [9.17, 15) is 0 Å². The predicted molar refractivity (Wildman–Crippen MR) is 228 cm³/mol. The Morgan fingerprint density at radius 1 is 0.446 bits per heavy atom. The number of para-hydroxylation sites is 1. The second kappa shape index (κ2) is 13.2. The highest BCUT2D eigenvalue weighted by Gasteiger charge is 2.38. The zero-order valence-electron chi connectivity index (χ0n) is 30.3. The zero-order chi connectivity index (χ0) is 37.0. The Bertz CT molecular complexity index is 2990. The molecule has 2 atom stereocenters. The number of hydrogen-bond acceptors (Lipinski definition) is 5. The van der Waals surface area contributed by atoms with Crippen molar-refractivity contribution in [3.8, 4) is 45.3 Å². The third kappa shape index (κ3) is 5.52. The van der Waals surface area contributed by atoms with Crippen molar-refractivity contribution in [2.75, 3.05) is 4.90 Å². The molecule has 0 saturated carbocycles.